The Labute approximate surface area is 120 Å². The monoisotopic (exact) mass is 279 g/mol. The summed E-state index contributed by atoms with van der Waals surface area (Å²) in [6.45, 7) is 8.44. The SMILES string of the molecule is CCC(NC1CC(C)(C)Cc2oc(C)cc21)C(=O)OC. The average Bonchev–Trinajstić information content (AvgIpc) is 2.73. The molecule has 2 rings (SSSR count). The minimum absolute atomic E-state index is 0.148. The summed E-state index contributed by atoms with van der Waals surface area (Å²) >= 11 is 0. The van der Waals surface area contributed by atoms with Crippen LogP contribution in [-0.4, -0.2) is 19.1 Å². The normalized spacial score (nSPS) is 22.1. The molecule has 0 amide bonds. The summed E-state index contributed by atoms with van der Waals surface area (Å²) in [6.07, 6.45) is 2.66. The zero-order valence-corrected chi connectivity index (χ0v) is 13.1. The minimum Gasteiger partial charge on any atom is -0.468 e. The van der Waals surface area contributed by atoms with Gasteiger partial charge in [0.1, 0.15) is 17.6 Å². The van der Waals surface area contributed by atoms with Gasteiger partial charge in [0.05, 0.1) is 7.11 Å². The summed E-state index contributed by atoms with van der Waals surface area (Å²) in [7, 11) is 1.44. The zero-order chi connectivity index (χ0) is 14.9. The van der Waals surface area contributed by atoms with Crippen LogP contribution in [0, 0.1) is 12.3 Å². The van der Waals surface area contributed by atoms with E-state index in [9.17, 15) is 4.79 Å². The van der Waals surface area contributed by atoms with Gasteiger partial charge in [-0.3, -0.25) is 10.1 Å². The van der Waals surface area contributed by atoms with E-state index in [1.807, 2.05) is 13.8 Å². The van der Waals surface area contributed by atoms with Crippen LogP contribution in [0.25, 0.3) is 0 Å². The van der Waals surface area contributed by atoms with Crippen LogP contribution < -0.4 is 5.32 Å². The first kappa shape index (κ1) is 15.1. The van der Waals surface area contributed by atoms with E-state index in [0.29, 0.717) is 0 Å². The van der Waals surface area contributed by atoms with Crippen LogP contribution in [0.5, 0.6) is 0 Å². The Morgan fingerprint density at radius 1 is 1.60 bits per heavy atom. The van der Waals surface area contributed by atoms with Gasteiger partial charge in [-0.25, -0.2) is 0 Å². The molecule has 1 aromatic rings. The summed E-state index contributed by atoms with van der Waals surface area (Å²) in [5.41, 5.74) is 1.37. The van der Waals surface area contributed by atoms with Crippen molar-refractivity contribution < 1.29 is 13.9 Å². The maximum absolute atomic E-state index is 11.8. The largest absolute Gasteiger partial charge is 0.468 e. The number of aryl methyl sites for hydroxylation is 1. The molecule has 0 saturated carbocycles. The first-order chi connectivity index (χ1) is 9.36. The van der Waals surface area contributed by atoms with E-state index in [-0.39, 0.29) is 23.5 Å². The average molecular weight is 279 g/mol. The zero-order valence-electron chi connectivity index (χ0n) is 13.1. The van der Waals surface area contributed by atoms with E-state index in [1.165, 1.54) is 12.7 Å². The Morgan fingerprint density at radius 3 is 2.90 bits per heavy atom. The van der Waals surface area contributed by atoms with E-state index >= 15 is 0 Å². The van der Waals surface area contributed by atoms with E-state index in [1.54, 1.807) is 0 Å². The molecule has 0 bridgehead atoms. The van der Waals surface area contributed by atoms with Gasteiger partial charge in [0.2, 0.25) is 0 Å². The first-order valence-electron chi connectivity index (χ1n) is 7.29. The number of methoxy groups -OCH3 is 1. The molecule has 2 unspecified atom stereocenters. The highest BCUT2D eigenvalue weighted by molar-refractivity contribution is 5.75. The van der Waals surface area contributed by atoms with Gasteiger partial charge < -0.3 is 9.15 Å². The summed E-state index contributed by atoms with van der Waals surface area (Å²) in [6, 6.07) is 1.98. The number of esters is 1. The second kappa shape index (κ2) is 5.60. The Morgan fingerprint density at radius 2 is 2.30 bits per heavy atom. The third-order valence-electron chi connectivity index (χ3n) is 4.03. The minimum atomic E-state index is -0.262. The van der Waals surface area contributed by atoms with Crippen molar-refractivity contribution in [3.8, 4) is 0 Å². The van der Waals surface area contributed by atoms with Gasteiger partial charge in [-0.15, -0.1) is 0 Å². The van der Waals surface area contributed by atoms with Crippen LogP contribution in [0.1, 0.15) is 56.7 Å². The topological polar surface area (TPSA) is 51.5 Å². The molecule has 4 nitrogen and oxygen atoms in total. The molecule has 1 heterocycles. The fourth-order valence-corrected chi connectivity index (χ4v) is 3.07. The van der Waals surface area contributed by atoms with Crippen LogP contribution in [0.4, 0.5) is 0 Å². The van der Waals surface area contributed by atoms with Gasteiger partial charge in [0.25, 0.3) is 0 Å². The maximum Gasteiger partial charge on any atom is 0.322 e. The van der Waals surface area contributed by atoms with Crippen molar-refractivity contribution in [3.63, 3.8) is 0 Å². The quantitative estimate of drug-likeness (QED) is 0.860. The molecule has 0 aromatic carbocycles. The van der Waals surface area contributed by atoms with Crippen LogP contribution in [0.2, 0.25) is 0 Å². The summed E-state index contributed by atoms with van der Waals surface area (Å²) in [5.74, 6) is 1.79. The predicted molar refractivity (Wildman–Crippen MR) is 77.5 cm³/mol. The van der Waals surface area contributed by atoms with Crippen LogP contribution in [0.3, 0.4) is 0 Å². The van der Waals surface area contributed by atoms with E-state index in [0.717, 1.165) is 30.8 Å². The number of hydrogen-bond acceptors (Lipinski definition) is 4. The molecule has 1 N–H and O–H groups in total. The fourth-order valence-electron chi connectivity index (χ4n) is 3.07. The van der Waals surface area contributed by atoms with E-state index < -0.39 is 0 Å². The highest BCUT2D eigenvalue weighted by Gasteiger charge is 2.36. The Bertz CT molecular complexity index is 490. The lowest BCUT2D eigenvalue weighted by Gasteiger charge is -2.36. The molecule has 1 aromatic heterocycles. The molecule has 0 spiro atoms. The van der Waals surface area contributed by atoms with Crippen molar-refractivity contribution in [3.05, 3.63) is 23.2 Å². The third kappa shape index (κ3) is 3.06. The Kier molecular flexibility index (Phi) is 4.23. The second-order valence-electron chi connectivity index (χ2n) is 6.48. The van der Waals surface area contributed by atoms with Crippen LogP contribution >= 0.6 is 0 Å². The summed E-state index contributed by atoms with van der Waals surface area (Å²) in [4.78, 5) is 11.8. The van der Waals surface area contributed by atoms with Crippen molar-refractivity contribution in [2.45, 2.75) is 59.0 Å². The molecule has 2 atom stereocenters. The summed E-state index contributed by atoms with van der Waals surface area (Å²) < 4.78 is 10.7. The van der Waals surface area contributed by atoms with Gasteiger partial charge in [-0.2, -0.15) is 0 Å². The number of carbonyl (C=O) groups is 1. The molecule has 0 saturated heterocycles. The van der Waals surface area contributed by atoms with Gasteiger partial charge in [-0.1, -0.05) is 20.8 Å². The third-order valence-corrected chi connectivity index (χ3v) is 4.03. The standard InChI is InChI=1S/C16H25NO3/c1-6-12(15(18)19-5)17-13-8-16(3,4)9-14-11(13)7-10(2)20-14/h7,12-13,17H,6,8-9H2,1-5H3. The lowest BCUT2D eigenvalue weighted by molar-refractivity contribution is -0.143. The molecule has 0 fully saturated rings. The van der Waals surface area contributed by atoms with E-state index in [4.69, 9.17) is 9.15 Å². The fraction of sp³-hybridized carbons (Fsp3) is 0.688. The Balaban J connectivity index is 2.24. The van der Waals surface area contributed by atoms with Crippen molar-refractivity contribution in [2.75, 3.05) is 7.11 Å². The predicted octanol–water partition coefficient (Wildman–Crippen LogP) is 3.14. The van der Waals surface area contributed by atoms with Crippen LogP contribution in [0.15, 0.2) is 10.5 Å². The number of furan rings is 1. The van der Waals surface area contributed by atoms with Crippen molar-refractivity contribution in [1.29, 1.82) is 0 Å². The van der Waals surface area contributed by atoms with Gasteiger partial charge in [-0.05, 0) is 31.2 Å². The smallest absolute Gasteiger partial charge is 0.322 e. The number of hydrogen-bond donors (Lipinski definition) is 1. The second-order valence-corrected chi connectivity index (χ2v) is 6.48. The number of carbonyl (C=O) groups excluding carboxylic acids is 1. The molecule has 0 radical (unpaired) electrons. The molecule has 0 aliphatic heterocycles. The van der Waals surface area contributed by atoms with Crippen molar-refractivity contribution >= 4 is 5.97 Å². The number of fused-ring (bicyclic) bond motifs is 1. The lowest BCUT2D eigenvalue weighted by atomic mass is 9.74. The van der Waals surface area contributed by atoms with Gasteiger partial charge in [0.15, 0.2) is 0 Å². The highest BCUT2D eigenvalue weighted by atomic mass is 16.5. The molecule has 1 aliphatic carbocycles. The Hall–Kier alpha value is -1.29. The molecule has 1 aliphatic rings. The van der Waals surface area contributed by atoms with Crippen molar-refractivity contribution in [2.24, 2.45) is 5.41 Å². The molecule has 20 heavy (non-hydrogen) atoms. The van der Waals surface area contributed by atoms with Gasteiger partial charge >= 0.3 is 5.97 Å². The lowest BCUT2D eigenvalue weighted by Crippen LogP contribution is -2.42. The summed E-state index contributed by atoms with van der Waals surface area (Å²) in [5, 5.41) is 3.45. The molecular weight excluding hydrogens is 254 g/mol. The first-order valence-corrected chi connectivity index (χ1v) is 7.29. The number of rotatable bonds is 4. The molecule has 112 valence electrons. The highest BCUT2D eigenvalue weighted by Crippen LogP contribution is 2.42. The van der Waals surface area contributed by atoms with Crippen molar-refractivity contribution in [1.82, 2.24) is 5.32 Å². The van der Waals surface area contributed by atoms with Crippen LogP contribution in [-0.2, 0) is 16.0 Å². The van der Waals surface area contributed by atoms with E-state index in [2.05, 4.69) is 25.2 Å². The number of nitrogens with one attached hydrogen (secondary N) is 1. The van der Waals surface area contributed by atoms with Gasteiger partial charge in [0, 0.05) is 18.0 Å². The molecular formula is C16H25NO3. The maximum atomic E-state index is 11.8. The molecule has 4 heteroatoms. The number of ether oxygens (including phenoxy) is 1.